The fourth-order valence-electron chi connectivity index (χ4n) is 3.08. The van der Waals surface area contributed by atoms with Crippen molar-refractivity contribution < 1.29 is 27.9 Å². The zero-order valence-electron chi connectivity index (χ0n) is 14.2. The lowest BCUT2D eigenvalue weighted by molar-refractivity contribution is -0.141. The molecule has 142 valence electrons. The third-order valence-electron chi connectivity index (χ3n) is 4.46. The fraction of sp³-hybridized carbons (Fsp3) is 0.263. The minimum Gasteiger partial charge on any atom is -0.480 e. The summed E-state index contributed by atoms with van der Waals surface area (Å²) in [6, 6.07) is 9.98. The zero-order chi connectivity index (χ0) is 19.6. The van der Waals surface area contributed by atoms with Crippen LogP contribution < -0.4 is 5.32 Å². The lowest BCUT2D eigenvalue weighted by atomic mass is 10.0. The molecule has 0 radical (unpaired) electrons. The smallest absolute Gasteiger partial charge is 0.416 e. The van der Waals surface area contributed by atoms with Crippen LogP contribution in [0.3, 0.4) is 0 Å². The van der Waals surface area contributed by atoms with Crippen molar-refractivity contribution in [1.82, 2.24) is 4.90 Å². The number of aliphatic carboxylic acids is 1. The number of rotatable bonds is 3. The standard InChI is InChI=1S/C19H17F3N2O3/c20-19(21,22)14-4-1-3-13(11-14)12-6-8-15(9-7-12)23-18(27)24-10-2-5-16(24)17(25)26/h1,3-4,6-9,11,16H,2,5,10H2,(H,23,27)(H,25,26)/t16-/m1/s1. The number of carboxylic acid groups (broad SMARTS) is 1. The first-order valence-electron chi connectivity index (χ1n) is 8.34. The Morgan fingerprint density at radius 3 is 2.41 bits per heavy atom. The van der Waals surface area contributed by atoms with Crippen molar-refractivity contribution in [2.75, 3.05) is 11.9 Å². The van der Waals surface area contributed by atoms with Gasteiger partial charge in [0, 0.05) is 12.2 Å². The molecule has 1 aliphatic heterocycles. The Bertz CT molecular complexity index is 850. The van der Waals surface area contributed by atoms with E-state index >= 15 is 0 Å². The molecule has 2 aromatic carbocycles. The summed E-state index contributed by atoms with van der Waals surface area (Å²) >= 11 is 0. The summed E-state index contributed by atoms with van der Waals surface area (Å²) in [5.41, 5.74) is 0.690. The topological polar surface area (TPSA) is 69.6 Å². The second-order valence-corrected chi connectivity index (χ2v) is 6.28. The number of carbonyl (C=O) groups excluding carboxylic acids is 1. The highest BCUT2D eigenvalue weighted by Crippen LogP contribution is 2.32. The van der Waals surface area contributed by atoms with E-state index < -0.39 is 29.8 Å². The number of nitrogens with one attached hydrogen (secondary N) is 1. The predicted molar refractivity (Wildman–Crippen MR) is 93.3 cm³/mol. The van der Waals surface area contributed by atoms with Crippen LogP contribution in [-0.4, -0.2) is 34.6 Å². The molecule has 2 aromatic rings. The summed E-state index contributed by atoms with van der Waals surface area (Å²) in [5.74, 6) is -1.04. The molecule has 0 unspecified atom stereocenters. The molecule has 1 heterocycles. The van der Waals surface area contributed by atoms with Crippen molar-refractivity contribution in [3.05, 3.63) is 54.1 Å². The minimum atomic E-state index is -4.42. The van der Waals surface area contributed by atoms with E-state index in [1.807, 2.05) is 0 Å². The van der Waals surface area contributed by atoms with Gasteiger partial charge in [-0.3, -0.25) is 0 Å². The quantitative estimate of drug-likeness (QED) is 0.829. The SMILES string of the molecule is O=C(O)[C@H]1CCCN1C(=O)Nc1ccc(-c2cccc(C(F)(F)F)c2)cc1. The molecule has 27 heavy (non-hydrogen) atoms. The molecule has 1 atom stereocenters. The van der Waals surface area contributed by atoms with Crippen molar-refractivity contribution in [2.45, 2.75) is 25.1 Å². The van der Waals surface area contributed by atoms with Crippen molar-refractivity contribution in [3.8, 4) is 11.1 Å². The van der Waals surface area contributed by atoms with Crippen LogP contribution in [0.1, 0.15) is 18.4 Å². The first-order chi connectivity index (χ1) is 12.8. The van der Waals surface area contributed by atoms with Gasteiger partial charge in [-0.2, -0.15) is 13.2 Å². The number of nitrogens with zero attached hydrogens (tertiary/aromatic N) is 1. The number of benzene rings is 2. The van der Waals surface area contributed by atoms with Crippen LogP contribution in [0.4, 0.5) is 23.7 Å². The normalized spacial score (nSPS) is 17.0. The van der Waals surface area contributed by atoms with Crippen molar-refractivity contribution in [2.24, 2.45) is 0 Å². The molecule has 1 fully saturated rings. The van der Waals surface area contributed by atoms with E-state index in [4.69, 9.17) is 5.11 Å². The lowest BCUT2D eigenvalue weighted by Gasteiger charge is -2.21. The summed E-state index contributed by atoms with van der Waals surface area (Å²) in [5, 5.41) is 11.8. The van der Waals surface area contributed by atoms with Gasteiger partial charge in [0.2, 0.25) is 0 Å². The maximum absolute atomic E-state index is 12.8. The molecule has 0 bridgehead atoms. The maximum atomic E-state index is 12.8. The van der Waals surface area contributed by atoms with Crippen molar-refractivity contribution in [1.29, 1.82) is 0 Å². The highest BCUT2D eigenvalue weighted by atomic mass is 19.4. The summed E-state index contributed by atoms with van der Waals surface area (Å²) in [7, 11) is 0. The predicted octanol–water partition coefficient (Wildman–Crippen LogP) is 4.45. The highest BCUT2D eigenvalue weighted by molar-refractivity contribution is 5.93. The fourth-order valence-corrected chi connectivity index (χ4v) is 3.08. The van der Waals surface area contributed by atoms with Crippen LogP contribution in [0.5, 0.6) is 0 Å². The summed E-state index contributed by atoms with van der Waals surface area (Å²) in [4.78, 5) is 24.7. The Hall–Kier alpha value is -3.03. The van der Waals surface area contributed by atoms with E-state index in [0.717, 1.165) is 12.1 Å². The van der Waals surface area contributed by atoms with E-state index in [9.17, 15) is 22.8 Å². The molecule has 1 saturated heterocycles. The Labute approximate surface area is 153 Å². The van der Waals surface area contributed by atoms with Gasteiger partial charge in [-0.1, -0.05) is 24.3 Å². The van der Waals surface area contributed by atoms with Crippen LogP contribution in [0.25, 0.3) is 11.1 Å². The number of alkyl halides is 3. The van der Waals surface area contributed by atoms with Gasteiger partial charge in [-0.15, -0.1) is 0 Å². The zero-order valence-corrected chi connectivity index (χ0v) is 14.2. The minimum absolute atomic E-state index is 0.366. The summed E-state index contributed by atoms with van der Waals surface area (Å²) in [6.45, 7) is 0.366. The van der Waals surface area contributed by atoms with Crippen LogP contribution in [0.2, 0.25) is 0 Å². The van der Waals surface area contributed by atoms with Crippen LogP contribution in [0, 0.1) is 0 Å². The maximum Gasteiger partial charge on any atom is 0.416 e. The molecule has 1 aliphatic rings. The monoisotopic (exact) mass is 378 g/mol. The van der Waals surface area contributed by atoms with Gasteiger partial charge in [0.05, 0.1) is 5.56 Å². The van der Waals surface area contributed by atoms with Crippen LogP contribution in [0.15, 0.2) is 48.5 Å². The molecule has 8 heteroatoms. The molecule has 3 rings (SSSR count). The van der Waals surface area contributed by atoms with Crippen molar-refractivity contribution in [3.63, 3.8) is 0 Å². The molecule has 0 saturated carbocycles. The molecular formula is C19H17F3N2O3. The average Bonchev–Trinajstić information content (AvgIpc) is 3.12. The molecule has 0 aromatic heterocycles. The molecule has 0 spiro atoms. The Balaban J connectivity index is 1.73. The largest absolute Gasteiger partial charge is 0.480 e. The molecule has 0 aliphatic carbocycles. The van der Waals surface area contributed by atoms with Gasteiger partial charge in [0.25, 0.3) is 0 Å². The van der Waals surface area contributed by atoms with Gasteiger partial charge in [-0.05, 0) is 48.2 Å². The number of halogens is 3. The van der Waals surface area contributed by atoms with Crippen molar-refractivity contribution >= 4 is 17.7 Å². The van der Waals surface area contributed by atoms with E-state index in [2.05, 4.69) is 5.32 Å². The first kappa shape index (κ1) is 18.8. The summed E-state index contributed by atoms with van der Waals surface area (Å²) < 4.78 is 38.5. The Morgan fingerprint density at radius 1 is 1.07 bits per heavy atom. The van der Waals surface area contributed by atoms with Gasteiger partial charge < -0.3 is 15.3 Å². The number of hydrogen-bond donors (Lipinski definition) is 2. The number of urea groups is 1. The Kier molecular flexibility index (Phi) is 5.07. The number of hydrogen-bond acceptors (Lipinski definition) is 2. The third kappa shape index (κ3) is 4.21. The lowest BCUT2D eigenvalue weighted by Crippen LogP contribution is -2.42. The van der Waals surface area contributed by atoms with Gasteiger partial charge in [-0.25, -0.2) is 9.59 Å². The third-order valence-corrected chi connectivity index (χ3v) is 4.46. The van der Waals surface area contributed by atoms with Gasteiger partial charge >= 0.3 is 18.2 Å². The second-order valence-electron chi connectivity index (χ2n) is 6.28. The number of anilines is 1. The number of carbonyl (C=O) groups is 2. The van der Waals surface area contributed by atoms with Gasteiger partial charge in [0.1, 0.15) is 6.04 Å². The Morgan fingerprint density at radius 2 is 1.78 bits per heavy atom. The van der Waals surface area contributed by atoms with E-state index in [0.29, 0.717) is 36.2 Å². The average molecular weight is 378 g/mol. The van der Waals surface area contributed by atoms with Crippen LogP contribution >= 0.6 is 0 Å². The first-order valence-corrected chi connectivity index (χ1v) is 8.34. The second kappa shape index (κ2) is 7.30. The van der Waals surface area contributed by atoms with E-state index in [1.54, 1.807) is 30.3 Å². The van der Waals surface area contributed by atoms with Gasteiger partial charge in [0.15, 0.2) is 0 Å². The molecule has 5 nitrogen and oxygen atoms in total. The highest BCUT2D eigenvalue weighted by Gasteiger charge is 2.34. The van der Waals surface area contributed by atoms with Crippen LogP contribution in [-0.2, 0) is 11.0 Å². The number of amides is 2. The molecule has 2 amide bonds. The molecular weight excluding hydrogens is 361 g/mol. The number of likely N-dealkylation sites (tertiary alicyclic amines) is 1. The summed E-state index contributed by atoms with van der Waals surface area (Å²) in [6.07, 6.45) is -3.38. The van der Waals surface area contributed by atoms with E-state index in [-0.39, 0.29) is 0 Å². The number of carboxylic acids is 1. The van der Waals surface area contributed by atoms with E-state index in [1.165, 1.54) is 11.0 Å². The molecule has 2 N–H and O–H groups in total.